The van der Waals surface area contributed by atoms with E-state index >= 15 is 0 Å². The van der Waals surface area contributed by atoms with Crippen molar-refractivity contribution < 1.29 is 14.3 Å². The number of hydrogen-bond acceptors (Lipinski definition) is 2. The van der Waals surface area contributed by atoms with Crippen LogP contribution >= 0.6 is 0 Å². The van der Waals surface area contributed by atoms with Gasteiger partial charge in [0, 0.05) is 19.3 Å². The first-order chi connectivity index (χ1) is 9.08. The van der Waals surface area contributed by atoms with E-state index in [2.05, 4.69) is 0 Å². The van der Waals surface area contributed by atoms with Crippen LogP contribution in [0.1, 0.15) is 15.9 Å². The molecule has 0 aliphatic rings. The third-order valence-corrected chi connectivity index (χ3v) is 2.88. The van der Waals surface area contributed by atoms with Gasteiger partial charge in [-0.2, -0.15) is 0 Å². The molecule has 19 heavy (non-hydrogen) atoms. The van der Waals surface area contributed by atoms with Crippen LogP contribution in [-0.2, 0) is 6.54 Å². The van der Waals surface area contributed by atoms with E-state index < -0.39 is 11.8 Å². The smallest absolute Gasteiger partial charge is 0.338 e. The summed E-state index contributed by atoms with van der Waals surface area (Å²) in [6, 6.07) is 13.9. The van der Waals surface area contributed by atoms with Gasteiger partial charge in [0.2, 0.25) is 0 Å². The van der Waals surface area contributed by atoms with Crippen LogP contribution in [-0.4, -0.2) is 18.1 Å². The lowest BCUT2D eigenvalue weighted by Crippen LogP contribution is -2.16. The molecule has 0 unspecified atom stereocenters. The zero-order chi connectivity index (χ0) is 13.8. The van der Waals surface area contributed by atoms with Gasteiger partial charge in [-0.05, 0) is 29.8 Å². The summed E-state index contributed by atoms with van der Waals surface area (Å²) in [5.74, 6) is -1.96. The molecule has 0 aliphatic heterocycles. The van der Waals surface area contributed by atoms with Crippen LogP contribution in [0.15, 0.2) is 48.5 Å². The minimum atomic E-state index is -1.25. The number of halogens is 1. The Hall–Kier alpha value is -2.36. The lowest BCUT2D eigenvalue weighted by atomic mass is 10.1. The zero-order valence-corrected chi connectivity index (χ0v) is 10.5. The molecule has 2 aromatic carbocycles. The lowest BCUT2D eigenvalue weighted by molar-refractivity contribution is 0.0691. The third kappa shape index (κ3) is 3.10. The molecule has 0 heterocycles. The van der Waals surface area contributed by atoms with E-state index in [1.807, 2.05) is 42.3 Å². The van der Waals surface area contributed by atoms with Gasteiger partial charge in [-0.15, -0.1) is 0 Å². The van der Waals surface area contributed by atoms with Crippen molar-refractivity contribution in [2.75, 3.05) is 11.9 Å². The highest BCUT2D eigenvalue weighted by molar-refractivity contribution is 5.88. The number of hydrogen-bond donors (Lipinski definition) is 1. The second-order valence-electron chi connectivity index (χ2n) is 4.31. The second kappa shape index (κ2) is 5.52. The topological polar surface area (TPSA) is 40.5 Å². The molecule has 0 amide bonds. The highest BCUT2D eigenvalue weighted by Gasteiger charge is 2.11. The highest BCUT2D eigenvalue weighted by Crippen LogP contribution is 2.17. The number of para-hydroxylation sites is 1. The summed E-state index contributed by atoms with van der Waals surface area (Å²) in [6.07, 6.45) is 0. The SMILES string of the molecule is CN(Cc1ccc(F)c(C(=O)O)c1)c1ccccc1. The third-order valence-electron chi connectivity index (χ3n) is 2.88. The number of aromatic carboxylic acids is 1. The summed E-state index contributed by atoms with van der Waals surface area (Å²) in [5, 5.41) is 8.89. The fourth-order valence-electron chi connectivity index (χ4n) is 1.88. The van der Waals surface area contributed by atoms with Gasteiger partial charge >= 0.3 is 5.97 Å². The van der Waals surface area contributed by atoms with Crippen molar-refractivity contribution in [1.29, 1.82) is 0 Å². The molecule has 4 heteroatoms. The maximum Gasteiger partial charge on any atom is 0.338 e. The van der Waals surface area contributed by atoms with Gasteiger partial charge in [0.1, 0.15) is 5.82 Å². The Morgan fingerprint density at radius 3 is 2.53 bits per heavy atom. The molecule has 0 radical (unpaired) electrons. The number of carboxylic acids is 1. The molecule has 1 N–H and O–H groups in total. The van der Waals surface area contributed by atoms with Gasteiger partial charge in [-0.1, -0.05) is 24.3 Å². The first-order valence-electron chi connectivity index (χ1n) is 5.86. The number of nitrogens with zero attached hydrogens (tertiary/aromatic N) is 1. The van der Waals surface area contributed by atoms with Crippen LogP contribution in [0, 0.1) is 5.82 Å². The highest BCUT2D eigenvalue weighted by atomic mass is 19.1. The molecular weight excluding hydrogens is 245 g/mol. The predicted molar refractivity (Wildman–Crippen MR) is 71.9 cm³/mol. The summed E-state index contributed by atoms with van der Waals surface area (Å²) < 4.78 is 13.3. The van der Waals surface area contributed by atoms with E-state index in [9.17, 15) is 9.18 Å². The van der Waals surface area contributed by atoms with Crippen molar-refractivity contribution in [2.45, 2.75) is 6.54 Å². The molecule has 0 aliphatic carbocycles. The van der Waals surface area contributed by atoms with Gasteiger partial charge in [0.25, 0.3) is 0 Å². The first-order valence-corrected chi connectivity index (χ1v) is 5.86. The van der Waals surface area contributed by atoms with E-state index in [-0.39, 0.29) is 5.56 Å². The van der Waals surface area contributed by atoms with E-state index in [0.717, 1.165) is 11.3 Å². The predicted octanol–water partition coefficient (Wildman–Crippen LogP) is 3.16. The second-order valence-corrected chi connectivity index (χ2v) is 4.31. The molecule has 0 bridgehead atoms. The standard InChI is InChI=1S/C15H14FNO2/c1-17(12-5-3-2-4-6-12)10-11-7-8-14(16)13(9-11)15(18)19/h2-9H,10H2,1H3,(H,18,19). The molecule has 0 saturated heterocycles. The van der Waals surface area contributed by atoms with E-state index in [1.54, 1.807) is 6.07 Å². The van der Waals surface area contributed by atoms with Gasteiger partial charge in [0.05, 0.1) is 5.56 Å². The number of carbonyl (C=O) groups is 1. The van der Waals surface area contributed by atoms with Crippen molar-refractivity contribution in [3.8, 4) is 0 Å². The maximum atomic E-state index is 13.3. The number of rotatable bonds is 4. The molecule has 0 spiro atoms. The Kier molecular flexibility index (Phi) is 3.80. The lowest BCUT2D eigenvalue weighted by Gasteiger charge is -2.19. The molecular formula is C15H14FNO2. The molecule has 0 aromatic heterocycles. The minimum absolute atomic E-state index is 0.293. The number of anilines is 1. The minimum Gasteiger partial charge on any atom is -0.478 e. The van der Waals surface area contributed by atoms with Crippen LogP contribution in [0.5, 0.6) is 0 Å². The average Bonchev–Trinajstić information content (AvgIpc) is 2.41. The zero-order valence-electron chi connectivity index (χ0n) is 10.5. The van der Waals surface area contributed by atoms with Gasteiger partial charge in [-0.3, -0.25) is 0 Å². The van der Waals surface area contributed by atoms with Crippen LogP contribution in [0.4, 0.5) is 10.1 Å². The van der Waals surface area contributed by atoms with Crippen LogP contribution < -0.4 is 4.90 Å². The molecule has 98 valence electrons. The van der Waals surface area contributed by atoms with Crippen molar-refractivity contribution in [3.63, 3.8) is 0 Å². The molecule has 2 rings (SSSR count). The molecule has 2 aromatic rings. The van der Waals surface area contributed by atoms with E-state index in [4.69, 9.17) is 5.11 Å². The van der Waals surface area contributed by atoms with Crippen molar-refractivity contribution in [1.82, 2.24) is 0 Å². The fourth-order valence-corrected chi connectivity index (χ4v) is 1.88. The number of benzene rings is 2. The number of carboxylic acid groups (broad SMARTS) is 1. The average molecular weight is 259 g/mol. The molecule has 0 atom stereocenters. The van der Waals surface area contributed by atoms with Crippen molar-refractivity contribution >= 4 is 11.7 Å². The van der Waals surface area contributed by atoms with E-state index in [0.29, 0.717) is 6.54 Å². The van der Waals surface area contributed by atoms with Gasteiger partial charge < -0.3 is 10.0 Å². The van der Waals surface area contributed by atoms with Gasteiger partial charge in [-0.25, -0.2) is 9.18 Å². The Bertz CT molecular complexity index is 584. The fraction of sp³-hybridized carbons (Fsp3) is 0.133. The van der Waals surface area contributed by atoms with E-state index in [1.165, 1.54) is 12.1 Å². The Labute approximate surface area is 110 Å². The monoisotopic (exact) mass is 259 g/mol. The maximum absolute atomic E-state index is 13.3. The summed E-state index contributed by atoms with van der Waals surface area (Å²) in [4.78, 5) is 12.8. The summed E-state index contributed by atoms with van der Waals surface area (Å²) in [7, 11) is 1.90. The summed E-state index contributed by atoms with van der Waals surface area (Å²) in [5.41, 5.74) is 1.48. The summed E-state index contributed by atoms with van der Waals surface area (Å²) in [6.45, 7) is 0.518. The Morgan fingerprint density at radius 2 is 1.89 bits per heavy atom. The van der Waals surface area contributed by atoms with Crippen molar-refractivity contribution in [3.05, 3.63) is 65.5 Å². The molecule has 3 nitrogen and oxygen atoms in total. The molecule has 0 saturated carbocycles. The Balaban J connectivity index is 2.20. The van der Waals surface area contributed by atoms with Crippen LogP contribution in [0.2, 0.25) is 0 Å². The summed E-state index contributed by atoms with van der Waals surface area (Å²) >= 11 is 0. The van der Waals surface area contributed by atoms with Crippen LogP contribution in [0.25, 0.3) is 0 Å². The first kappa shape index (κ1) is 13.1. The Morgan fingerprint density at radius 1 is 1.21 bits per heavy atom. The largest absolute Gasteiger partial charge is 0.478 e. The molecule has 0 fully saturated rings. The van der Waals surface area contributed by atoms with Gasteiger partial charge in [0.15, 0.2) is 0 Å². The van der Waals surface area contributed by atoms with Crippen LogP contribution in [0.3, 0.4) is 0 Å². The quantitative estimate of drug-likeness (QED) is 0.916. The van der Waals surface area contributed by atoms with Crippen molar-refractivity contribution in [2.24, 2.45) is 0 Å². The normalized spacial score (nSPS) is 10.2.